The molecule has 1 aromatic heterocycles. The van der Waals surface area contributed by atoms with E-state index in [0.717, 1.165) is 16.6 Å². The van der Waals surface area contributed by atoms with Crippen LogP contribution in [0.3, 0.4) is 0 Å². The Balaban J connectivity index is 1.66. The van der Waals surface area contributed by atoms with Gasteiger partial charge in [-0.05, 0) is 33.4 Å². The fourth-order valence-electron chi connectivity index (χ4n) is 1.88. The van der Waals surface area contributed by atoms with Crippen molar-refractivity contribution in [2.45, 2.75) is 13.1 Å². The first-order valence-electron chi connectivity index (χ1n) is 5.78. The Morgan fingerprint density at radius 3 is 2.79 bits per heavy atom. The molecule has 100 valence electrons. The van der Waals surface area contributed by atoms with Gasteiger partial charge in [-0.25, -0.2) is 0 Å². The molecular weight excluding hydrogens is 330 g/mol. The Morgan fingerprint density at radius 1 is 1.26 bits per heavy atom. The smallest absolute Gasteiger partial charge is 0.231 e. The normalized spacial score (nSPS) is 12.9. The van der Waals surface area contributed by atoms with Gasteiger partial charge in [-0.15, -0.1) is 11.3 Å². The molecule has 0 unspecified atom stereocenters. The Kier molecular flexibility index (Phi) is 3.63. The minimum atomic E-state index is 0.216. The van der Waals surface area contributed by atoms with Crippen LogP contribution < -0.4 is 14.8 Å². The highest BCUT2D eigenvalue weighted by molar-refractivity contribution is 9.10. The third-order valence-corrected chi connectivity index (χ3v) is 4.79. The average molecular weight is 342 g/mol. The molecule has 1 aliphatic rings. The van der Waals surface area contributed by atoms with E-state index in [1.165, 1.54) is 4.88 Å². The van der Waals surface area contributed by atoms with Gasteiger partial charge in [0.2, 0.25) is 6.79 Å². The minimum Gasteiger partial charge on any atom is -0.507 e. The summed E-state index contributed by atoms with van der Waals surface area (Å²) in [7, 11) is 0. The third kappa shape index (κ3) is 2.70. The van der Waals surface area contributed by atoms with Crippen LogP contribution in [0.2, 0.25) is 0 Å². The van der Waals surface area contributed by atoms with Crippen LogP contribution in [-0.2, 0) is 13.1 Å². The van der Waals surface area contributed by atoms with Crippen LogP contribution in [0.4, 0.5) is 0 Å². The van der Waals surface area contributed by atoms with Crippen molar-refractivity contribution in [3.8, 4) is 17.2 Å². The van der Waals surface area contributed by atoms with Gasteiger partial charge in [0.15, 0.2) is 11.5 Å². The SMILES string of the molecule is Oc1cc2c(cc1CNCc1sccc1Br)OCO2. The van der Waals surface area contributed by atoms with E-state index in [-0.39, 0.29) is 12.5 Å². The zero-order chi connectivity index (χ0) is 13.2. The molecule has 0 spiro atoms. The number of ether oxygens (including phenoxy) is 2. The molecule has 6 heteroatoms. The molecule has 1 aliphatic heterocycles. The second-order valence-electron chi connectivity index (χ2n) is 4.13. The lowest BCUT2D eigenvalue weighted by molar-refractivity contribution is 0.174. The van der Waals surface area contributed by atoms with Crippen LogP contribution in [0.5, 0.6) is 17.2 Å². The van der Waals surface area contributed by atoms with Gasteiger partial charge in [-0.1, -0.05) is 0 Å². The summed E-state index contributed by atoms with van der Waals surface area (Å²) in [6.07, 6.45) is 0. The van der Waals surface area contributed by atoms with Gasteiger partial charge in [-0.2, -0.15) is 0 Å². The molecule has 0 atom stereocenters. The molecule has 0 aliphatic carbocycles. The fourth-order valence-corrected chi connectivity index (χ4v) is 3.34. The molecule has 0 fully saturated rings. The van der Waals surface area contributed by atoms with Crippen LogP contribution >= 0.6 is 27.3 Å². The molecule has 1 aromatic carbocycles. The first-order chi connectivity index (χ1) is 9.24. The highest BCUT2D eigenvalue weighted by Gasteiger charge is 2.16. The molecular formula is C13H12BrNO3S. The Labute approximate surface area is 123 Å². The lowest BCUT2D eigenvalue weighted by Gasteiger charge is -2.07. The highest BCUT2D eigenvalue weighted by Crippen LogP contribution is 2.37. The first kappa shape index (κ1) is 12.8. The van der Waals surface area contributed by atoms with Gasteiger partial charge in [0.1, 0.15) is 5.75 Å². The first-order valence-corrected chi connectivity index (χ1v) is 7.45. The largest absolute Gasteiger partial charge is 0.507 e. The second-order valence-corrected chi connectivity index (χ2v) is 5.98. The zero-order valence-electron chi connectivity index (χ0n) is 9.98. The van der Waals surface area contributed by atoms with Gasteiger partial charge >= 0.3 is 0 Å². The van der Waals surface area contributed by atoms with E-state index in [9.17, 15) is 5.11 Å². The molecule has 0 amide bonds. The quantitative estimate of drug-likeness (QED) is 0.896. The monoisotopic (exact) mass is 341 g/mol. The Bertz CT molecular complexity index is 600. The van der Waals surface area contributed by atoms with E-state index in [0.29, 0.717) is 18.0 Å². The fraction of sp³-hybridized carbons (Fsp3) is 0.231. The predicted octanol–water partition coefficient (Wildman–Crippen LogP) is 3.23. The third-order valence-electron chi connectivity index (χ3n) is 2.87. The molecule has 2 aromatic rings. The molecule has 0 radical (unpaired) electrons. The number of hydrogen-bond acceptors (Lipinski definition) is 5. The van der Waals surface area contributed by atoms with Crippen LogP contribution in [0, 0.1) is 0 Å². The summed E-state index contributed by atoms with van der Waals surface area (Å²) in [6, 6.07) is 5.44. The zero-order valence-corrected chi connectivity index (χ0v) is 12.4. The maximum absolute atomic E-state index is 9.90. The molecule has 2 heterocycles. The molecule has 19 heavy (non-hydrogen) atoms. The minimum absolute atomic E-state index is 0.216. The van der Waals surface area contributed by atoms with Gasteiger partial charge in [0.05, 0.1) is 0 Å². The number of thiophene rings is 1. The number of fused-ring (bicyclic) bond motifs is 1. The van der Waals surface area contributed by atoms with E-state index < -0.39 is 0 Å². The summed E-state index contributed by atoms with van der Waals surface area (Å²) in [6.45, 7) is 1.55. The van der Waals surface area contributed by atoms with Gasteiger partial charge in [-0.3, -0.25) is 0 Å². The predicted molar refractivity (Wildman–Crippen MR) is 76.8 cm³/mol. The molecule has 3 rings (SSSR count). The summed E-state index contributed by atoms with van der Waals surface area (Å²) in [4.78, 5) is 1.24. The number of phenolic OH excluding ortho intramolecular Hbond substituents is 1. The van der Waals surface area contributed by atoms with Crippen LogP contribution in [0.1, 0.15) is 10.4 Å². The summed E-state index contributed by atoms with van der Waals surface area (Å²) in [5, 5.41) is 15.2. The Hall–Kier alpha value is -1.24. The molecule has 2 N–H and O–H groups in total. The van der Waals surface area contributed by atoms with Gasteiger partial charge in [0, 0.05) is 34.1 Å². The molecule has 0 bridgehead atoms. The van der Waals surface area contributed by atoms with Crippen molar-refractivity contribution in [1.82, 2.24) is 5.32 Å². The summed E-state index contributed by atoms with van der Waals surface area (Å²) in [5.74, 6) is 1.51. The van der Waals surface area contributed by atoms with E-state index in [4.69, 9.17) is 9.47 Å². The number of halogens is 1. The molecule has 0 saturated carbocycles. The highest BCUT2D eigenvalue weighted by atomic mass is 79.9. The van der Waals surface area contributed by atoms with Crippen molar-refractivity contribution < 1.29 is 14.6 Å². The Morgan fingerprint density at radius 2 is 2.05 bits per heavy atom. The number of hydrogen-bond donors (Lipinski definition) is 2. The second kappa shape index (κ2) is 5.40. The van der Waals surface area contributed by atoms with Crippen molar-refractivity contribution in [1.29, 1.82) is 0 Å². The summed E-state index contributed by atoms with van der Waals surface area (Å²) < 4.78 is 11.6. The van der Waals surface area contributed by atoms with Crippen molar-refractivity contribution in [2.24, 2.45) is 0 Å². The maximum atomic E-state index is 9.90. The molecule has 0 saturated heterocycles. The molecule has 4 nitrogen and oxygen atoms in total. The number of phenols is 1. The number of nitrogens with one attached hydrogen (secondary N) is 1. The van der Waals surface area contributed by atoms with E-state index in [1.54, 1.807) is 17.4 Å². The standard InChI is InChI=1S/C13H12BrNO3S/c14-9-1-2-19-13(9)6-15-5-8-3-11-12(4-10(8)16)18-7-17-11/h1-4,15-16H,5-7H2. The lowest BCUT2D eigenvalue weighted by atomic mass is 10.1. The summed E-state index contributed by atoms with van der Waals surface area (Å²) in [5.41, 5.74) is 0.803. The van der Waals surface area contributed by atoms with E-state index in [1.807, 2.05) is 17.5 Å². The van der Waals surface area contributed by atoms with Crippen molar-refractivity contribution in [3.05, 3.63) is 38.5 Å². The van der Waals surface area contributed by atoms with E-state index in [2.05, 4.69) is 21.2 Å². The van der Waals surface area contributed by atoms with Crippen molar-refractivity contribution >= 4 is 27.3 Å². The maximum Gasteiger partial charge on any atom is 0.231 e. The van der Waals surface area contributed by atoms with E-state index >= 15 is 0 Å². The number of rotatable bonds is 4. The van der Waals surface area contributed by atoms with Gasteiger partial charge < -0.3 is 19.9 Å². The van der Waals surface area contributed by atoms with Crippen molar-refractivity contribution in [2.75, 3.05) is 6.79 Å². The van der Waals surface area contributed by atoms with Crippen LogP contribution in [0.25, 0.3) is 0 Å². The average Bonchev–Trinajstić information content (AvgIpc) is 2.99. The van der Waals surface area contributed by atoms with Gasteiger partial charge in [0.25, 0.3) is 0 Å². The van der Waals surface area contributed by atoms with Crippen molar-refractivity contribution in [3.63, 3.8) is 0 Å². The summed E-state index contributed by atoms with van der Waals surface area (Å²) >= 11 is 5.18. The van der Waals surface area contributed by atoms with Crippen LogP contribution in [0.15, 0.2) is 28.1 Å². The topological polar surface area (TPSA) is 50.7 Å². The number of aromatic hydroxyl groups is 1. The van der Waals surface area contributed by atoms with Crippen LogP contribution in [-0.4, -0.2) is 11.9 Å². The number of benzene rings is 1. The lowest BCUT2D eigenvalue weighted by Crippen LogP contribution is -2.12.